The van der Waals surface area contributed by atoms with Gasteiger partial charge in [0.2, 0.25) is 0 Å². The third-order valence-corrected chi connectivity index (χ3v) is 3.97. The Bertz CT molecular complexity index is 522. The quantitative estimate of drug-likeness (QED) is 0.492. The predicted molar refractivity (Wildman–Crippen MR) is 93.7 cm³/mol. The number of halogens is 1. The summed E-state index contributed by atoms with van der Waals surface area (Å²) in [5.74, 6) is 0.639. The smallest absolute Gasteiger partial charge is 0.193 e. The van der Waals surface area contributed by atoms with E-state index < -0.39 is 0 Å². The van der Waals surface area contributed by atoms with Crippen molar-refractivity contribution in [2.75, 3.05) is 39.9 Å². The van der Waals surface area contributed by atoms with Gasteiger partial charge in [-0.15, -0.1) is 0 Å². The summed E-state index contributed by atoms with van der Waals surface area (Å²) in [4.78, 5) is 6.58. The van der Waals surface area contributed by atoms with E-state index in [1.165, 1.54) is 12.1 Å². The minimum absolute atomic E-state index is 0.0794. The minimum atomic E-state index is -0.230. The van der Waals surface area contributed by atoms with Crippen molar-refractivity contribution >= 4 is 5.96 Å². The first kappa shape index (κ1) is 18.7. The lowest BCUT2D eigenvalue weighted by Crippen LogP contribution is -2.50. The Balaban J connectivity index is 1.94. The molecule has 0 aliphatic carbocycles. The summed E-state index contributed by atoms with van der Waals surface area (Å²) in [6, 6.07) is 6.52. The summed E-state index contributed by atoms with van der Waals surface area (Å²) in [7, 11) is 1.79. The predicted octanol–water partition coefficient (Wildman–Crippen LogP) is 2.59. The van der Waals surface area contributed by atoms with Crippen LogP contribution in [0.25, 0.3) is 0 Å². The zero-order chi connectivity index (χ0) is 17.4. The van der Waals surface area contributed by atoms with E-state index in [0.29, 0.717) is 6.54 Å². The van der Waals surface area contributed by atoms with Crippen molar-refractivity contribution in [2.45, 2.75) is 32.5 Å². The summed E-state index contributed by atoms with van der Waals surface area (Å²) in [5.41, 5.74) is 0.986. The molecule has 1 aromatic carbocycles. The topological polar surface area (TPSA) is 46.1 Å². The van der Waals surface area contributed by atoms with Crippen LogP contribution in [0, 0.1) is 5.82 Å². The molecule has 5 nitrogen and oxygen atoms in total. The van der Waals surface area contributed by atoms with Crippen LogP contribution in [-0.4, -0.2) is 56.9 Å². The third-order valence-electron chi connectivity index (χ3n) is 3.97. The van der Waals surface area contributed by atoms with Crippen molar-refractivity contribution < 1.29 is 13.9 Å². The van der Waals surface area contributed by atoms with Crippen molar-refractivity contribution in [3.05, 3.63) is 35.6 Å². The lowest BCUT2D eigenvalue weighted by atomic mass is 10.1. The number of rotatable bonds is 6. The maximum absolute atomic E-state index is 13.1. The number of morpholine rings is 1. The fraction of sp³-hybridized carbons (Fsp3) is 0.611. The molecule has 1 saturated heterocycles. The fourth-order valence-electron chi connectivity index (χ4n) is 2.84. The number of aliphatic imine (C=N–C) groups is 1. The van der Waals surface area contributed by atoms with Crippen LogP contribution in [0.15, 0.2) is 29.3 Å². The first-order chi connectivity index (χ1) is 11.6. The molecule has 2 rings (SSSR count). The van der Waals surface area contributed by atoms with Gasteiger partial charge in [0.25, 0.3) is 0 Å². The van der Waals surface area contributed by atoms with Crippen LogP contribution >= 0.6 is 0 Å². The van der Waals surface area contributed by atoms with Crippen LogP contribution < -0.4 is 5.32 Å². The summed E-state index contributed by atoms with van der Waals surface area (Å²) in [6.45, 7) is 7.83. The molecule has 6 heteroatoms. The summed E-state index contributed by atoms with van der Waals surface area (Å²) >= 11 is 0. The largest absolute Gasteiger partial charge is 0.382 e. The molecule has 0 amide bonds. The van der Waals surface area contributed by atoms with Crippen molar-refractivity contribution in [1.82, 2.24) is 10.2 Å². The van der Waals surface area contributed by atoms with Gasteiger partial charge in [-0.3, -0.25) is 4.99 Å². The van der Waals surface area contributed by atoms with E-state index >= 15 is 0 Å². The number of hydrogen-bond donors (Lipinski definition) is 1. The average molecular weight is 337 g/mol. The van der Waals surface area contributed by atoms with Gasteiger partial charge in [-0.1, -0.05) is 12.1 Å². The standard InChI is InChI=1S/C18H28FN3O2/c1-4-23-11-5-10-21-18(20-3)22-12-14(2)24-17(13-22)15-6-8-16(19)9-7-15/h6-9,14,17H,4-5,10-13H2,1-3H3,(H,20,21). The van der Waals surface area contributed by atoms with Crippen molar-refractivity contribution in [3.8, 4) is 0 Å². The fourth-order valence-corrected chi connectivity index (χ4v) is 2.84. The zero-order valence-corrected chi connectivity index (χ0v) is 14.8. The van der Waals surface area contributed by atoms with Crippen LogP contribution in [-0.2, 0) is 9.47 Å². The van der Waals surface area contributed by atoms with Crippen LogP contribution in [0.4, 0.5) is 4.39 Å². The van der Waals surface area contributed by atoms with Crippen LogP contribution in [0.3, 0.4) is 0 Å². The number of nitrogens with zero attached hydrogens (tertiary/aromatic N) is 2. The minimum Gasteiger partial charge on any atom is -0.382 e. The Kier molecular flexibility index (Phi) is 7.46. The molecule has 0 aromatic heterocycles. The highest BCUT2D eigenvalue weighted by Crippen LogP contribution is 2.25. The average Bonchev–Trinajstić information content (AvgIpc) is 2.58. The Hall–Kier alpha value is -1.66. The molecule has 0 radical (unpaired) electrons. The molecule has 0 bridgehead atoms. The van der Waals surface area contributed by atoms with Crippen molar-refractivity contribution in [2.24, 2.45) is 4.99 Å². The third kappa shape index (κ3) is 5.46. The molecule has 1 N–H and O–H groups in total. The molecule has 1 aliphatic rings. The summed E-state index contributed by atoms with van der Waals surface area (Å²) < 4.78 is 24.5. The number of ether oxygens (including phenoxy) is 2. The summed E-state index contributed by atoms with van der Waals surface area (Å²) in [5, 5.41) is 3.38. The van der Waals surface area contributed by atoms with E-state index in [9.17, 15) is 4.39 Å². The first-order valence-corrected chi connectivity index (χ1v) is 8.58. The van der Waals surface area contributed by atoms with E-state index in [1.54, 1.807) is 19.2 Å². The van der Waals surface area contributed by atoms with E-state index in [2.05, 4.69) is 15.2 Å². The van der Waals surface area contributed by atoms with Gasteiger partial charge in [-0.25, -0.2) is 4.39 Å². The molecule has 2 atom stereocenters. The lowest BCUT2D eigenvalue weighted by molar-refractivity contribution is -0.0605. The molecule has 2 unspecified atom stereocenters. The van der Waals surface area contributed by atoms with Gasteiger partial charge >= 0.3 is 0 Å². The highest BCUT2D eigenvalue weighted by molar-refractivity contribution is 5.80. The first-order valence-electron chi connectivity index (χ1n) is 8.58. The summed E-state index contributed by atoms with van der Waals surface area (Å²) in [6.07, 6.45) is 0.931. The number of benzene rings is 1. The van der Waals surface area contributed by atoms with Gasteiger partial charge in [0.15, 0.2) is 5.96 Å². The molecule has 134 valence electrons. The molecular weight excluding hydrogens is 309 g/mol. The molecule has 0 saturated carbocycles. The molecule has 1 fully saturated rings. The van der Waals surface area contributed by atoms with Gasteiger partial charge < -0.3 is 19.7 Å². The van der Waals surface area contributed by atoms with Gasteiger partial charge in [0.1, 0.15) is 11.9 Å². The molecule has 1 aromatic rings. The van der Waals surface area contributed by atoms with E-state index in [0.717, 1.165) is 44.2 Å². The highest BCUT2D eigenvalue weighted by Gasteiger charge is 2.28. The van der Waals surface area contributed by atoms with Crippen molar-refractivity contribution in [3.63, 3.8) is 0 Å². The van der Waals surface area contributed by atoms with E-state index in [-0.39, 0.29) is 18.0 Å². The van der Waals surface area contributed by atoms with Crippen LogP contribution in [0.5, 0.6) is 0 Å². The van der Waals surface area contributed by atoms with Crippen molar-refractivity contribution in [1.29, 1.82) is 0 Å². The molecule has 1 heterocycles. The number of guanidine groups is 1. The molecule has 0 spiro atoms. The highest BCUT2D eigenvalue weighted by atomic mass is 19.1. The van der Waals surface area contributed by atoms with Gasteiger partial charge in [-0.05, 0) is 38.0 Å². The van der Waals surface area contributed by atoms with Gasteiger partial charge in [0, 0.05) is 33.4 Å². The Morgan fingerprint density at radius 3 is 2.79 bits per heavy atom. The Morgan fingerprint density at radius 2 is 2.12 bits per heavy atom. The second kappa shape index (κ2) is 9.59. The maximum Gasteiger partial charge on any atom is 0.193 e. The Labute approximate surface area is 143 Å². The zero-order valence-electron chi connectivity index (χ0n) is 14.8. The normalized spacial score (nSPS) is 21.8. The maximum atomic E-state index is 13.1. The van der Waals surface area contributed by atoms with Crippen LogP contribution in [0.2, 0.25) is 0 Å². The monoisotopic (exact) mass is 337 g/mol. The number of hydrogen-bond acceptors (Lipinski definition) is 3. The van der Waals surface area contributed by atoms with E-state index in [4.69, 9.17) is 9.47 Å². The molecule has 1 aliphatic heterocycles. The second-order valence-electron chi connectivity index (χ2n) is 5.92. The molecule has 24 heavy (non-hydrogen) atoms. The van der Waals surface area contributed by atoms with E-state index in [1.807, 2.05) is 13.8 Å². The van der Waals surface area contributed by atoms with Crippen LogP contribution in [0.1, 0.15) is 31.9 Å². The van der Waals surface area contributed by atoms with Gasteiger partial charge in [-0.2, -0.15) is 0 Å². The van der Waals surface area contributed by atoms with Gasteiger partial charge in [0.05, 0.1) is 12.6 Å². The SMILES string of the molecule is CCOCCCNC(=NC)N1CC(C)OC(c2ccc(F)cc2)C1. The lowest BCUT2D eigenvalue weighted by Gasteiger charge is -2.38. The Morgan fingerprint density at radius 1 is 1.38 bits per heavy atom. The second-order valence-corrected chi connectivity index (χ2v) is 5.92. The molecular formula is C18H28FN3O2. The number of nitrogens with one attached hydrogen (secondary N) is 1.